The van der Waals surface area contributed by atoms with E-state index in [9.17, 15) is 71.1 Å². The first kappa shape index (κ1) is 36.4. The SMILES string of the molecule is Cc1cccc(Cc2c[nH]cn2)c1C.O=C(O)C(F)(F)C(F)(F)C(F)(F)F.O=C(O)C(F)(F)C(F)(F)C(F)(F)F. The molecule has 0 atom stereocenters. The largest absolute Gasteiger partial charge is 0.477 e. The third-order valence-corrected chi connectivity index (χ3v) is 4.68. The lowest BCUT2D eigenvalue weighted by molar-refractivity contribution is -0.347. The lowest BCUT2D eigenvalue weighted by Crippen LogP contribution is -2.56. The van der Waals surface area contributed by atoms with Crippen LogP contribution in [0.2, 0.25) is 0 Å². The van der Waals surface area contributed by atoms with E-state index in [1.54, 1.807) is 6.33 Å². The van der Waals surface area contributed by atoms with Crippen molar-refractivity contribution in [2.24, 2.45) is 0 Å². The summed E-state index contributed by atoms with van der Waals surface area (Å²) in [5.41, 5.74) is 5.17. The van der Waals surface area contributed by atoms with Crippen molar-refractivity contribution in [1.82, 2.24) is 9.97 Å². The minimum Gasteiger partial charge on any atom is -0.477 e. The van der Waals surface area contributed by atoms with Crippen LogP contribution in [0.15, 0.2) is 30.7 Å². The molecule has 0 aliphatic heterocycles. The van der Waals surface area contributed by atoms with Crippen LogP contribution in [0.1, 0.15) is 22.4 Å². The van der Waals surface area contributed by atoms with Gasteiger partial charge in [-0.3, -0.25) is 0 Å². The normalized spacial score (nSPS) is 13.0. The van der Waals surface area contributed by atoms with E-state index >= 15 is 0 Å². The number of H-pyrrole nitrogens is 1. The zero-order valence-corrected chi connectivity index (χ0v) is 19.5. The fraction of sp³-hybridized carbons (Fsp3) is 0.450. The molecule has 0 saturated carbocycles. The Morgan fingerprint density at radius 1 is 0.750 bits per heavy atom. The van der Waals surface area contributed by atoms with Gasteiger partial charge in [-0.05, 0) is 30.5 Å². The number of imidazole rings is 1. The maximum atomic E-state index is 11.8. The highest BCUT2D eigenvalue weighted by molar-refractivity contribution is 5.77. The molecule has 20 heteroatoms. The number of nitrogens with one attached hydrogen (secondary N) is 1. The maximum absolute atomic E-state index is 11.8. The van der Waals surface area contributed by atoms with Gasteiger partial charge in [0.2, 0.25) is 0 Å². The highest BCUT2D eigenvalue weighted by Gasteiger charge is 2.77. The molecule has 0 aliphatic rings. The van der Waals surface area contributed by atoms with Gasteiger partial charge in [0.25, 0.3) is 0 Å². The van der Waals surface area contributed by atoms with Crippen molar-refractivity contribution in [2.45, 2.75) is 56.3 Å². The first-order chi connectivity index (χ1) is 17.7. The highest BCUT2D eigenvalue weighted by Crippen LogP contribution is 2.47. The Balaban J connectivity index is 0.000000572. The summed E-state index contributed by atoms with van der Waals surface area (Å²) >= 11 is 0. The Kier molecular flexibility index (Phi) is 11.2. The number of carboxylic acids is 2. The molecular formula is C20H16F14N2O4. The summed E-state index contributed by atoms with van der Waals surface area (Å²) in [4.78, 5) is 26.0. The number of aromatic amines is 1. The van der Waals surface area contributed by atoms with Crippen LogP contribution in [0.4, 0.5) is 61.5 Å². The van der Waals surface area contributed by atoms with E-state index in [1.807, 2.05) is 6.20 Å². The van der Waals surface area contributed by atoms with Crippen LogP contribution in [0.25, 0.3) is 0 Å². The topological polar surface area (TPSA) is 103 Å². The summed E-state index contributed by atoms with van der Waals surface area (Å²) < 4.78 is 161. The van der Waals surface area contributed by atoms with E-state index in [1.165, 1.54) is 16.7 Å². The predicted molar refractivity (Wildman–Crippen MR) is 104 cm³/mol. The molecule has 0 saturated heterocycles. The predicted octanol–water partition coefficient (Wildman–Crippen LogP) is 6.43. The zero-order chi connectivity index (χ0) is 32.1. The van der Waals surface area contributed by atoms with Crippen LogP contribution >= 0.6 is 0 Å². The Hall–Kier alpha value is -3.61. The average Bonchev–Trinajstić information content (AvgIpc) is 3.29. The number of aryl methyl sites for hydroxylation is 1. The van der Waals surface area contributed by atoms with Gasteiger partial charge in [0.1, 0.15) is 0 Å². The first-order valence-corrected chi connectivity index (χ1v) is 9.80. The molecule has 3 N–H and O–H groups in total. The monoisotopic (exact) mass is 614 g/mol. The number of alkyl halides is 14. The van der Waals surface area contributed by atoms with Crippen molar-refractivity contribution < 1.29 is 81.3 Å². The Labute approximate surface area is 213 Å². The summed E-state index contributed by atoms with van der Waals surface area (Å²) in [7, 11) is 0. The van der Waals surface area contributed by atoms with Gasteiger partial charge in [-0.15, -0.1) is 0 Å². The molecule has 2 aromatic rings. The number of halogens is 14. The van der Waals surface area contributed by atoms with Crippen molar-refractivity contribution in [1.29, 1.82) is 0 Å². The first-order valence-electron chi connectivity index (χ1n) is 9.80. The van der Waals surface area contributed by atoms with Crippen LogP contribution in [-0.2, 0) is 16.0 Å². The van der Waals surface area contributed by atoms with Gasteiger partial charge in [0.15, 0.2) is 0 Å². The Bertz CT molecular complexity index is 1100. The summed E-state index contributed by atoms with van der Waals surface area (Å²) in [6.07, 6.45) is -8.62. The van der Waals surface area contributed by atoms with Gasteiger partial charge < -0.3 is 15.2 Å². The number of rotatable bonds is 6. The highest BCUT2D eigenvalue weighted by atomic mass is 19.4. The van der Waals surface area contributed by atoms with Gasteiger partial charge in [-0.25, -0.2) is 14.6 Å². The second-order valence-corrected chi connectivity index (χ2v) is 7.50. The van der Waals surface area contributed by atoms with Crippen molar-refractivity contribution in [3.05, 3.63) is 53.1 Å². The smallest absolute Gasteiger partial charge is 0.460 e. The fourth-order valence-electron chi connectivity index (χ4n) is 2.21. The number of aliphatic carboxylic acids is 2. The molecule has 2 rings (SSSR count). The molecule has 0 amide bonds. The molecule has 1 heterocycles. The van der Waals surface area contributed by atoms with Crippen molar-refractivity contribution in [3.63, 3.8) is 0 Å². The van der Waals surface area contributed by atoms with Crippen LogP contribution < -0.4 is 0 Å². The van der Waals surface area contributed by atoms with Crippen molar-refractivity contribution >= 4 is 11.9 Å². The van der Waals surface area contributed by atoms with Gasteiger partial charge >= 0.3 is 48.0 Å². The summed E-state index contributed by atoms with van der Waals surface area (Å²) in [6, 6.07) is 6.41. The molecule has 228 valence electrons. The molecule has 0 spiro atoms. The van der Waals surface area contributed by atoms with Crippen molar-refractivity contribution in [3.8, 4) is 0 Å². The van der Waals surface area contributed by atoms with Crippen LogP contribution in [0.5, 0.6) is 0 Å². The van der Waals surface area contributed by atoms with E-state index in [4.69, 9.17) is 10.2 Å². The number of carbonyl (C=O) groups is 2. The van der Waals surface area contributed by atoms with E-state index in [0.717, 1.165) is 12.1 Å². The molecule has 0 aliphatic carbocycles. The minimum atomic E-state index is -6.60. The number of hydrogen-bond acceptors (Lipinski definition) is 3. The van der Waals surface area contributed by atoms with E-state index in [-0.39, 0.29) is 0 Å². The lowest BCUT2D eigenvalue weighted by atomic mass is 10.0. The number of carboxylic acid groups (broad SMARTS) is 2. The standard InChI is InChI=1S/C12H14N2.2C4HF7O2/c1-9-4-3-5-11(10(9)2)6-12-7-13-8-14-12;2*5-2(6,1(12)13)3(7,8)4(9,10)11/h3-5,7-8H,6H2,1-2H3,(H,13,14);2*(H,12,13). The fourth-order valence-corrected chi connectivity index (χ4v) is 2.21. The van der Waals surface area contributed by atoms with E-state index in [0.29, 0.717) is 0 Å². The molecule has 0 unspecified atom stereocenters. The molecule has 1 aromatic carbocycles. The molecule has 0 radical (unpaired) electrons. The summed E-state index contributed by atoms with van der Waals surface area (Å²) in [5, 5.41) is 14.8. The number of hydrogen-bond donors (Lipinski definition) is 3. The van der Waals surface area contributed by atoms with Crippen molar-refractivity contribution in [2.75, 3.05) is 0 Å². The minimum absolute atomic E-state index is 0.914. The summed E-state index contributed by atoms with van der Waals surface area (Å²) in [5.74, 6) is -32.5. The number of benzene rings is 1. The quantitative estimate of drug-likeness (QED) is 0.326. The number of aromatic nitrogens is 2. The lowest BCUT2D eigenvalue weighted by Gasteiger charge is -2.24. The van der Waals surface area contributed by atoms with Gasteiger partial charge in [0, 0.05) is 12.6 Å². The average molecular weight is 614 g/mol. The van der Waals surface area contributed by atoms with Gasteiger partial charge in [-0.2, -0.15) is 61.5 Å². The second kappa shape index (κ2) is 12.3. The third kappa shape index (κ3) is 7.96. The van der Waals surface area contributed by atoms with Crippen LogP contribution in [0, 0.1) is 13.8 Å². The molecular weight excluding hydrogens is 598 g/mol. The molecule has 0 bridgehead atoms. The molecule has 6 nitrogen and oxygen atoms in total. The summed E-state index contributed by atoms with van der Waals surface area (Å²) in [6.45, 7) is 4.31. The van der Waals surface area contributed by atoms with E-state index < -0.39 is 48.0 Å². The number of nitrogens with zero attached hydrogens (tertiary/aromatic N) is 1. The molecule has 1 aromatic heterocycles. The van der Waals surface area contributed by atoms with Crippen LogP contribution in [-0.4, -0.2) is 68.2 Å². The Morgan fingerprint density at radius 2 is 1.15 bits per heavy atom. The van der Waals surface area contributed by atoms with Gasteiger partial charge in [-0.1, -0.05) is 18.2 Å². The second-order valence-electron chi connectivity index (χ2n) is 7.50. The van der Waals surface area contributed by atoms with E-state index in [2.05, 4.69) is 42.0 Å². The van der Waals surface area contributed by atoms with Gasteiger partial charge in [0.05, 0.1) is 12.0 Å². The molecule has 40 heavy (non-hydrogen) atoms. The molecule has 0 fully saturated rings. The third-order valence-electron chi connectivity index (χ3n) is 4.68. The maximum Gasteiger partial charge on any atom is 0.460 e. The Morgan fingerprint density at radius 3 is 1.43 bits per heavy atom. The zero-order valence-electron chi connectivity index (χ0n) is 19.5. The van der Waals surface area contributed by atoms with Crippen LogP contribution in [0.3, 0.4) is 0 Å².